The van der Waals surface area contributed by atoms with E-state index in [1.165, 1.54) is 25.7 Å². The van der Waals surface area contributed by atoms with Gasteiger partial charge in [0, 0.05) is 5.56 Å². The highest BCUT2D eigenvalue weighted by Gasteiger charge is 2.21. The van der Waals surface area contributed by atoms with Crippen LogP contribution < -0.4 is 0 Å². The van der Waals surface area contributed by atoms with Crippen molar-refractivity contribution in [3.8, 4) is 0 Å². The van der Waals surface area contributed by atoms with Gasteiger partial charge in [0.25, 0.3) is 0 Å². The number of aliphatic hydroxyl groups is 1. The molecule has 1 atom stereocenters. The molecule has 1 saturated carbocycles. The van der Waals surface area contributed by atoms with Crippen LogP contribution in [0.3, 0.4) is 0 Å². The lowest BCUT2D eigenvalue weighted by Gasteiger charge is -2.17. The minimum absolute atomic E-state index is 0.359. The number of rotatable bonds is 4. The topological polar surface area (TPSA) is 46.0 Å². The van der Waals surface area contributed by atoms with Gasteiger partial charge in [-0.1, -0.05) is 32.6 Å². The van der Waals surface area contributed by atoms with Crippen molar-refractivity contribution in [1.29, 1.82) is 0 Å². The summed E-state index contributed by atoms with van der Waals surface area (Å²) >= 11 is 0. The van der Waals surface area contributed by atoms with Crippen molar-refractivity contribution < 1.29 is 5.11 Å². The largest absolute Gasteiger partial charge is 0.388 e. The quantitative estimate of drug-likeness (QED) is 0.871. The molecule has 1 fully saturated rings. The fourth-order valence-corrected chi connectivity index (χ4v) is 2.79. The number of hydrogen-bond acceptors (Lipinski definition) is 3. The molecule has 3 nitrogen and oxygen atoms in total. The third-order valence-corrected chi connectivity index (χ3v) is 3.75. The lowest BCUT2D eigenvalue weighted by Crippen LogP contribution is -2.09. The zero-order valence-corrected chi connectivity index (χ0v) is 10.8. The molecule has 0 bridgehead atoms. The molecule has 17 heavy (non-hydrogen) atoms. The first-order valence-corrected chi connectivity index (χ1v) is 6.72. The average Bonchev–Trinajstić information content (AvgIpc) is 2.81. The third kappa shape index (κ3) is 3.03. The molecule has 2 rings (SSSR count). The molecule has 1 heterocycles. The molecule has 1 aromatic rings. The van der Waals surface area contributed by atoms with Crippen molar-refractivity contribution in [2.75, 3.05) is 0 Å². The molecule has 0 spiro atoms. The Bertz CT molecular complexity index is 372. The third-order valence-electron chi connectivity index (χ3n) is 3.75. The SMILES string of the molecule is CCc1nnc(C)cc1C(O)CC1CCCC1. The zero-order chi connectivity index (χ0) is 12.3. The van der Waals surface area contributed by atoms with Crippen LogP contribution in [0.15, 0.2) is 6.07 Å². The molecule has 1 aromatic heterocycles. The Morgan fingerprint density at radius 1 is 1.35 bits per heavy atom. The number of hydrogen-bond donors (Lipinski definition) is 1. The van der Waals surface area contributed by atoms with Crippen molar-refractivity contribution in [2.45, 2.75) is 58.5 Å². The van der Waals surface area contributed by atoms with E-state index in [2.05, 4.69) is 17.1 Å². The summed E-state index contributed by atoms with van der Waals surface area (Å²) in [6, 6.07) is 1.99. The van der Waals surface area contributed by atoms with Gasteiger partial charge in [-0.15, -0.1) is 0 Å². The van der Waals surface area contributed by atoms with Crippen LogP contribution in [-0.2, 0) is 6.42 Å². The maximum atomic E-state index is 10.3. The first-order chi connectivity index (χ1) is 8.20. The monoisotopic (exact) mass is 234 g/mol. The molecule has 0 amide bonds. The van der Waals surface area contributed by atoms with Gasteiger partial charge in [0.15, 0.2) is 0 Å². The number of nitrogens with zero attached hydrogens (tertiary/aromatic N) is 2. The summed E-state index contributed by atoms with van der Waals surface area (Å²) in [5.74, 6) is 0.697. The number of aryl methyl sites for hydroxylation is 2. The lowest BCUT2D eigenvalue weighted by atomic mass is 9.94. The predicted octanol–water partition coefficient (Wildman–Crippen LogP) is 2.96. The molecule has 0 saturated heterocycles. The summed E-state index contributed by atoms with van der Waals surface area (Å²) in [6.07, 6.45) is 6.56. The highest BCUT2D eigenvalue weighted by Crippen LogP contribution is 2.33. The van der Waals surface area contributed by atoms with E-state index in [0.717, 1.165) is 29.8 Å². The normalized spacial score (nSPS) is 18.5. The van der Waals surface area contributed by atoms with Crippen LogP contribution >= 0.6 is 0 Å². The van der Waals surface area contributed by atoms with Crippen LogP contribution in [0, 0.1) is 12.8 Å². The van der Waals surface area contributed by atoms with Crippen LogP contribution in [0.25, 0.3) is 0 Å². The van der Waals surface area contributed by atoms with Crippen molar-refractivity contribution in [3.63, 3.8) is 0 Å². The zero-order valence-electron chi connectivity index (χ0n) is 10.8. The fourth-order valence-electron chi connectivity index (χ4n) is 2.79. The molecule has 94 valence electrons. The smallest absolute Gasteiger partial charge is 0.0811 e. The highest BCUT2D eigenvalue weighted by molar-refractivity contribution is 5.23. The van der Waals surface area contributed by atoms with Crippen LogP contribution in [0.1, 0.15) is 62.1 Å². The van der Waals surface area contributed by atoms with Gasteiger partial charge in [-0.2, -0.15) is 10.2 Å². The van der Waals surface area contributed by atoms with E-state index in [4.69, 9.17) is 0 Å². The van der Waals surface area contributed by atoms with Gasteiger partial charge in [-0.3, -0.25) is 0 Å². The van der Waals surface area contributed by atoms with Crippen LogP contribution in [-0.4, -0.2) is 15.3 Å². The molecule has 0 aliphatic heterocycles. The minimum Gasteiger partial charge on any atom is -0.388 e. The van der Waals surface area contributed by atoms with Crippen molar-refractivity contribution >= 4 is 0 Å². The van der Waals surface area contributed by atoms with Crippen molar-refractivity contribution in [1.82, 2.24) is 10.2 Å². The summed E-state index contributed by atoms with van der Waals surface area (Å²) < 4.78 is 0. The molecule has 1 N–H and O–H groups in total. The van der Waals surface area contributed by atoms with Crippen LogP contribution in [0.2, 0.25) is 0 Å². The van der Waals surface area contributed by atoms with Crippen molar-refractivity contribution in [2.24, 2.45) is 5.92 Å². The second-order valence-electron chi connectivity index (χ2n) is 5.14. The highest BCUT2D eigenvalue weighted by atomic mass is 16.3. The molecule has 0 aromatic carbocycles. The van der Waals surface area contributed by atoms with E-state index in [9.17, 15) is 5.11 Å². The van der Waals surface area contributed by atoms with Gasteiger partial charge in [0.05, 0.1) is 17.5 Å². The van der Waals surface area contributed by atoms with E-state index in [0.29, 0.717) is 5.92 Å². The first-order valence-electron chi connectivity index (χ1n) is 6.72. The molecule has 0 radical (unpaired) electrons. The Balaban J connectivity index is 2.11. The first kappa shape index (κ1) is 12.5. The summed E-state index contributed by atoms with van der Waals surface area (Å²) in [7, 11) is 0. The van der Waals surface area contributed by atoms with Gasteiger partial charge < -0.3 is 5.11 Å². The van der Waals surface area contributed by atoms with Crippen LogP contribution in [0.5, 0.6) is 0 Å². The standard InChI is InChI=1S/C14H22N2O/c1-3-13-12(8-10(2)15-16-13)14(17)9-11-6-4-5-7-11/h8,11,14,17H,3-7,9H2,1-2H3. The predicted molar refractivity (Wildman–Crippen MR) is 67.7 cm³/mol. The number of aliphatic hydroxyl groups excluding tert-OH is 1. The van der Waals surface area contributed by atoms with Gasteiger partial charge >= 0.3 is 0 Å². The maximum absolute atomic E-state index is 10.3. The van der Waals surface area contributed by atoms with E-state index in [1.54, 1.807) is 0 Å². The lowest BCUT2D eigenvalue weighted by molar-refractivity contribution is 0.143. The Morgan fingerprint density at radius 3 is 2.71 bits per heavy atom. The Labute approximate surface area is 103 Å². The molecule has 3 heteroatoms. The Kier molecular flexibility index (Phi) is 4.11. The molecule has 1 aliphatic carbocycles. The van der Waals surface area contributed by atoms with E-state index < -0.39 is 0 Å². The average molecular weight is 234 g/mol. The van der Waals surface area contributed by atoms with Gasteiger partial charge in [0.2, 0.25) is 0 Å². The summed E-state index contributed by atoms with van der Waals surface area (Å²) in [4.78, 5) is 0. The van der Waals surface area contributed by atoms with Crippen molar-refractivity contribution in [3.05, 3.63) is 23.0 Å². The van der Waals surface area contributed by atoms with Crippen LogP contribution in [0.4, 0.5) is 0 Å². The van der Waals surface area contributed by atoms with Gasteiger partial charge in [-0.25, -0.2) is 0 Å². The maximum Gasteiger partial charge on any atom is 0.0811 e. The fraction of sp³-hybridized carbons (Fsp3) is 0.714. The molecular formula is C14H22N2O. The van der Waals surface area contributed by atoms with E-state index in [-0.39, 0.29) is 6.10 Å². The summed E-state index contributed by atoms with van der Waals surface area (Å²) in [6.45, 7) is 3.99. The second kappa shape index (κ2) is 5.58. The van der Waals surface area contributed by atoms with Gasteiger partial charge in [0.1, 0.15) is 0 Å². The molecule has 1 aliphatic rings. The second-order valence-corrected chi connectivity index (χ2v) is 5.14. The van der Waals surface area contributed by atoms with Gasteiger partial charge in [-0.05, 0) is 31.7 Å². The molecule has 1 unspecified atom stereocenters. The Hall–Kier alpha value is -0.960. The molecular weight excluding hydrogens is 212 g/mol. The van der Waals surface area contributed by atoms with E-state index in [1.807, 2.05) is 13.0 Å². The Morgan fingerprint density at radius 2 is 2.06 bits per heavy atom. The minimum atomic E-state index is -0.359. The summed E-state index contributed by atoms with van der Waals surface area (Å²) in [5.41, 5.74) is 2.83. The summed E-state index contributed by atoms with van der Waals surface area (Å²) in [5, 5.41) is 18.6. The number of aromatic nitrogens is 2. The van der Waals surface area contributed by atoms with E-state index >= 15 is 0 Å².